The molecule has 0 saturated carbocycles. The van der Waals surface area contributed by atoms with Gasteiger partial charge in [0, 0.05) is 33.2 Å². The van der Waals surface area contributed by atoms with E-state index >= 15 is 0 Å². The van der Waals surface area contributed by atoms with Crippen LogP contribution in [0.15, 0.2) is 35.6 Å². The van der Waals surface area contributed by atoms with Crippen molar-refractivity contribution in [1.82, 2.24) is 25.4 Å². The van der Waals surface area contributed by atoms with E-state index in [9.17, 15) is 4.39 Å². The lowest BCUT2D eigenvalue weighted by Gasteiger charge is -2.13. The SMILES string of the molecule is CCc1nncn1CCNC(=NCCOC)NCCc1ccccc1F. The molecule has 1 aromatic heterocycles. The van der Waals surface area contributed by atoms with Crippen LogP contribution in [0.3, 0.4) is 0 Å². The topological polar surface area (TPSA) is 76.4 Å². The molecule has 0 aliphatic rings. The van der Waals surface area contributed by atoms with E-state index < -0.39 is 0 Å². The van der Waals surface area contributed by atoms with Crippen molar-refractivity contribution < 1.29 is 9.13 Å². The fourth-order valence-corrected chi connectivity index (χ4v) is 2.47. The van der Waals surface area contributed by atoms with Crippen LogP contribution in [0.4, 0.5) is 4.39 Å². The number of ether oxygens (including phenoxy) is 1. The molecule has 0 spiro atoms. The largest absolute Gasteiger partial charge is 0.383 e. The molecular weight excluding hydrogens is 335 g/mol. The number of benzene rings is 1. The van der Waals surface area contributed by atoms with Crippen LogP contribution in [-0.4, -0.2) is 54.1 Å². The Morgan fingerprint density at radius 2 is 2.08 bits per heavy atom. The maximum Gasteiger partial charge on any atom is 0.191 e. The molecule has 0 atom stereocenters. The van der Waals surface area contributed by atoms with E-state index in [1.807, 2.05) is 10.6 Å². The molecule has 0 fully saturated rings. The van der Waals surface area contributed by atoms with Gasteiger partial charge < -0.3 is 19.9 Å². The highest BCUT2D eigenvalue weighted by molar-refractivity contribution is 5.79. The molecule has 1 aromatic carbocycles. The van der Waals surface area contributed by atoms with Crippen molar-refractivity contribution in [3.8, 4) is 0 Å². The minimum atomic E-state index is -0.181. The van der Waals surface area contributed by atoms with Crippen molar-refractivity contribution in [1.29, 1.82) is 0 Å². The van der Waals surface area contributed by atoms with Gasteiger partial charge in [0.1, 0.15) is 18.0 Å². The molecule has 0 saturated heterocycles. The molecule has 0 bridgehead atoms. The third kappa shape index (κ3) is 6.44. The van der Waals surface area contributed by atoms with Gasteiger partial charge >= 0.3 is 0 Å². The average molecular weight is 362 g/mol. The summed E-state index contributed by atoms with van der Waals surface area (Å²) in [6.45, 7) is 5.17. The molecule has 1 heterocycles. The van der Waals surface area contributed by atoms with Gasteiger partial charge in [-0.05, 0) is 18.1 Å². The van der Waals surface area contributed by atoms with Crippen molar-refractivity contribution >= 4 is 5.96 Å². The zero-order valence-electron chi connectivity index (χ0n) is 15.4. The standard InChI is InChI=1S/C18H27FN6O/c1-3-17-24-23-14-25(17)12-10-21-18(22-11-13-26-2)20-9-8-15-6-4-5-7-16(15)19/h4-7,14H,3,8-13H2,1-2H3,(H2,20,21,22). The second-order valence-corrected chi connectivity index (χ2v) is 5.71. The number of halogens is 1. The van der Waals surface area contributed by atoms with Crippen LogP contribution in [-0.2, 0) is 24.1 Å². The Morgan fingerprint density at radius 3 is 2.85 bits per heavy atom. The van der Waals surface area contributed by atoms with Crippen LogP contribution >= 0.6 is 0 Å². The number of guanidine groups is 1. The Morgan fingerprint density at radius 1 is 1.27 bits per heavy atom. The summed E-state index contributed by atoms with van der Waals surface area (Å²) in [5.74, 6) is 1.46. The van der Waals surface area contributed by atoms with Gasteiger partial charge in [-0.25, -0.2) is 4.39 Å². The lowest BCUT2D eigenvalue weighted by Crippen LogP contribution is -2.40. The smallest absolute Gasteiger partial charge is 0.191 e. The number of rotatable bonds is 10. The molecule has 2 N–H and O–H groups in total. The summed E-state index contributed by atoms with van der Waals surface area (Å²) in [6.07, 6.45) is 3.16. The van der Waals surface area contributed by atoms with Crippen LogP contribution in [0.25, 0.3) is 0 Å². The van der Waals surface area contributed by atoms with Crippen molar-refractivity contribution in [3.63, 3.8) is 0 Å². The van der Waals surface area contributed by atoms with Crippen molar-refractivity contribution in [2.24, 2.45) is 4.99 Å². The van der Waals surface area contributed by atoms with E-state index in [1.165, 1.54) is 6.07 Å². The van der Waals surface area contributed by atoms with E-state index in [1.54, 1.807) is 25.6 Å². The maximum absolute atomic E-state index is 13.7. The summed E-state index contributed by atoms with van der Waals surface area (Å²) in [6, 6.07) is 6.81. The second-order valence-electron chi connectivity index (χ2n) is 5.71. The van der Waals surface area contributed by atoms with Crippen molar-refractivity contribution in [2.75, 3.05) is 33.4 Å². The molecule has 0 unspecified atom stereocenters. The van der Waals surface area contributed by atoms with Crippen LogP contribution in [0.2, 0.25) is 0 Å². The number of aromatic nitrogens is 3. The molecule has 0 aliphatic heterocycles. The Bertz CT molecular complexity index is 688. The number of hydrogen-bond acceptors (Lipinski definition) is 4. The van der Waals surface area contributed by atoms with Crippen LogP contribution < -0.4 is 10.6 Å². The number of aryl methyl sites for hydroxylation is 1. The fourth-order valence-electron chi connectivity index (χ4n) is 2.47. The second kappa shape index (κ2) is 11.2. The number of hydrogen-bond donors (Lipinski definition) is 2. The zero-order chi connectivity index (χ0) is 18.6. The highest BCUT2D eigenvalue weighted by Crippen LogP contribution is 2.06. The van der Waals surface area contributed by atoms with E-state index in [-0.39, 0.29) is 5.82 Å². The predicted octanol–water partition coefficient (Wildman–Crippen LogP) is 1.40. The molecule has 7 nitrogen and oxygen atoms in total. The van der Waals surface area contributed by atoms with Gasteiger partial charge in [-0.1, -0.05) is 25.1 Å². The number of nitrogens with zero attached hydrogens (tertiary/aromatic N) is 4. The van der Waals surface area contributed by atoms with Gasteiger partial charge in [-0.15, -0.1) is 10.2 Å². The van der Waals surface area contributed by atoms with Crippen LogP contribution in [0.1, 0.15) is 18.3 Å². The molecule has 8 heteroatoms. The molecule has 2 rings (SSSR count). The van der Waals surface area contributed by atoms with Crippen molar-refractivity contribution in [2.45, 2.75) is 26.3 Å². The summed E-state index contributed by atoms with van der Waals surface area (Å²) in [5, 5.41) is 14.5. The zero-order valence-corrected chi connectivity index (χ0v) is 15.4. The molecule has 142 valence electrons. The summed E-state index contributed by atoms with van der Waals surface area (Å²) >= 11 is 0. The van der Waals surface area contributed by atoms with Gasteiger partial charge in [-0.3, -0.25) is 4.99 Å². The van der Waals surface area contributed by atoms with Crippen molar-refractivity contribution in [3.05, 3.63) is 47.8 Å². The number of aliphatic imine (C=N–C) groups is 1. The molecule has 0 radical (unpaired) electrons. The van der Waals surface area contributed by atoms with Gasteiger partial charge in [0.15, 0.2) is 5.96 Å². The lowest BCUT2D eigenvalue weighted by molar-refractivity contribution is 0.208. The minimum absolute atomic E-state index is 0.181. The number of methoxy groups -OCH3 is 1. The monoisotopic (exact) mass is 362 g/mol. The average Bonchev–Trinajstić information content (AvgIpc) is 3.10. The summed E-state index contributed by atoms with van der Waals surface area (Å²) in [4.78, 5) is 4.46. The first-order valence-corrected chi connectivity index (χ1v) is 8.85. The third-order valence-corrected chi connectivity index (χ3v) is 3.87. The Hall–Kier alpha value is -2.48. The third-order valence-electron chi connectivity index (χ3n) is 3.87. The number of nitrogens with one attached hydrogen (secondary N) is 2. The maximum atomic E-state index is 13.7. The quantitative estimate of drug-likeness (QED) is 0.380. The minimum Gasteiger partial charge on any atom is -0.383 e. The summed E-state index contributed by atoms with van der Waals surface area (Å²) in [7, 11) is 1.65. The van der Waals surface area contributed by atoms with E-state index in [0.29, 0.717) is 44.2 Å². The molecule has 2 aromatic rings. The van der Waals surface area contributed by atoms with Gasteiger partial charge in [-0.2, -0.15) is 0 Å². The van der Waals surface area contributed by atoms with Gasteiger partial charge in [0.05, 0.1) is 13.2 Å². The van der Waals surface area contributed by atoms with Crippen LogP contribution in [0.5, 0.6) is 0 Å². The molecule has 0 aliphatic carbocycles. The lowest BCUT2D eigenvalue weighted by atomic mass is 10.1. The molecular formula is C18H27FN6O. The van der Waals surface area contributed by atoms with Gasteiger partial charge in [0.2, 0.25) is 0 Å². The fraction of sp³-hybridized carbons (Fsp3) is 0.500. The van der Waals surface area contributed by atoms with E-state index in [2.05, 4.69) is 32.7 Å². The van der Waals surface area contributed by atoms with E-state index in [4.69, 9.17) is 4.74 Å². The normalized spacial score (nSPS) is 11.6. The summed E-state index contributed by atoms with van der Waals surface area (Å²) in [5.41, 5.74) is 0.688. The molecule has 0 amide bonds. The highest BCUT2D eigenvalue weighted by Gasteiger charge is 2.04. The first-order chi connectivity index (χ1) is 12.7. The first kappa shape index (κ1) is 19.8. The first-order valence-electron chi connectivity index (χ1n) is 8.85. The predicted molar refractivity (Wildman–Crippen MR) is 99.7 cm³/mol. The Labute approximate surface area is 153 Å². The molecule has 26 heavy (non-hydrogen) atoms. The highest BCUT2D eigenvalue weighted by atomic mass is 19.1. The summed E-state index contributed by atoms with van der Waals surface area (Å²) < 4.78 is 20.7. The Kier molecular flexibility index (Phi) is 8.54. The van der Waals surface area contributed by atoms with Gasteiger partial charge in [0.25, 0.3) is 0 Å². The Balaban J connectivity index is 1.83. The van der Waals surface area contributed by atoms with E-state index in [0.717, 1.165) is 18.8 Å². The van der Waals surface area contributed by atoms with Crippen LogP contribution in [0, 0.1) is 5.82 Å².